The first-order valence-corrected chi connectivity index (χ1v) is 7.60. The van der Waals surface area contributed by atoms with Gasteiger partial charge in [-0.1, -0.05) is 0 Å². The van der Waals surface area contributed by atoms with E-state index >= 15 is 0 Å². The van der Waals surface area contributed by atoms with Crippen molar-refractivity contribution in [3.8, 4) is 0 Å². The van der Waals surface area contributed by atoms with Gasteiger partial charge in [-0.05, 0) is 18.6 Å². The van der Waals surface area contributed by atoms with Crippen LogP contribution in [0.3, 0.4) is 0 Å². The second-order valence-corrected chi connectivity index (χ2v) is 6.00. The van der Waals surface area contributed by atoms with Crippen LogP contribution in [0.15, 0.2) is 12.1 Å². The van der Waals surface area contributed by atoms with Crippen LogP contribution in [0.25, 0.3) is 0 Å². The van der Waals surface area contributed by atoms with Gasteiger partial charge < -0.3 is 16.2 Å². The third-order valence-electron chi connectivity index (χ3n) is 2.40. The Balaban J connectivity index is 2.60. The Kier molecular flexibility index (Phi) is 5.28. The molecule has 0 aliphatic heterocycles. The molecular formula is C11H16FN3O4S. The lowest BCUT2D eigenvalue weighted by atomic mass is 10.1. The van der Waals surface area contributed by atoms with E-state index in [1.165, 1.54) is 0 Å². The maximum atomic E-state index is 13.5. The van der Waals surface area contributed by atoms with Crippen LogP contribution < -0.4 is 15.8 Å². The highest BCUT2D eigenvalue weighted by Gasteiger charge is 2.12. The molecule has 0 atom stereocenters. The molecule has 1 rings (SSSR count). The van der Waals surface area contributed by atoms with E-state index in [0.29, 0.717) is 6.42 Å². The number of nitrogens with two attached hydrogens (primary N) is 1. The van der Waals surface area contributed by atoms with Gasteiger partial charge in [-0.3, -0.25) is 0 Å². The van der Waals surface area contributed by atoms with E-state index < -0.39 is 21.8 Å². The number of halogens is 1. The maximum Gasteiger partial charge on any atom is 0.337 e. The number of rotatable bonds is 7. The summed E-state index contributed by atoms with van der Waals surface area (Å²) in [6.45, 7) is 0.483. The van der Waals surface area contributed by atoms with Gasteiger partial charge in [0.2, 0.25) is 10.0 Å². The standard InChI is InChI=1S/C11H16FN3O4S/c1-20(18,19)15-4-2-3-14-10-5-7(11(16)17)9(13)6-8(10)12/h5-6,14-15H,2-4,13H2,1H3,(H,16,17). The first-order chi connectivity index (χ1) is 9.20. The number of carboxylic acid groups (broad SMARTS) is 1. The lowest BCUT2D eigenvalue weighted by molar-refractivity contribution is 0.0698. The van der Waals surface area contributed by atoms with Crippen molar-refractivity contribution in [1.82, 2.24) is 4.72 Å². The number of nitrogens with one attached hydrogen (secondary N) is 2. The summed E-state index contributed by atoms with van der Waals surface area (Å²) in [5.41, 5.74) is 5.06. The number of carbonyl (C=O) groups is 1. The summed E-state index contributed by atoms with van der Waals surface area (Å²) in [6.07, 6.45) is 1.46. The van der Waals surface area contributed by atoms with Crippen LogP contribution in [0.1, 0.15) is 16.8 Å². The lowest BCUT2D eigenvalue weighted by Crippen LogP contribution is -2.24. The van der Waals surface area contributed by atoms with E-state index in [4.69, 9.17) is 10.8 Å². The van der Waals surface area contributed by atoms with Gasteiger partial charge in [0.1, 0.15) is 5.82 Å². The first kappa shape index (κ1) is 16.2. The maximum absolute atomic E-state index is 13.5. The molecule has 0 aromatic heterocycles. The van der Waals surface area contributed by atoms with Crippen molar-refractivity contribution in [3.05, 3.63) is 23.5 Å². The van der Waals surface area contributed by atoms with E-state index in [1.54, 1.807) is 0 Å². The predicted molar refractivity (Wildman–Crippen MR) is 73.7 cm³/mol. The summed E-state index contributed by atoms with van der Waals surface area (Å²) in [5, 5.41) is 11.6. The van der Waals surface area contributed by atoms with Crippen molar-refractivity contribution < 1.29 is 22.7 Å². The van der Waals surface area contributed by atoms with Crippen molar-refractivity contribution in [2.75, 3.05) is 30.4 Å². The van der Waals surface area contributed by atoms with Crippen LogP contribution in [0.2, 0.25) is 0 Å². The van der Waals surface area contributed by atoms with Crippen LogP contribution in [0.5, 0.6) is 0 Å². The molecule has 0 heterocycles. The van der Waals surface area contributed by atoms with Gasteiger partial charge in [0, 0.05) is 18.8 Å². The quantitative estimate of drug-likeness (QED) is 0.429. The summed E-state index contributed by atoms with van der Waals surface area (Å²) in [5.74, 6) is -1.91. The number of nitrogen functional groups attached to an aromatic ring is 1. The van der Waals surface area contributed by atoms with Crippen molar-refractivity contribution in [2.45, 2.75) is 6.42 Å². The monoisotopic (exact) mass is 305 g/mol. The number of hydrogen-bond acceptors (Lipinski definition) is 5. The first-order valence-electron chi connectivity index (χ1n) is 5.71. The molecular weight excluding hydrogens is 289 g/mol. The molecule has 9 heteroatoms. The largest absolute Gasteiger partial charge is 0.478 e. The Hall–Kier alpha value is -1.87. The number of anilines is 2. The summed E-state index contributed by atoms with van der Waals surface area (Å²) < 4.78 is 37.4. The van der Waals surface area contributed by atoms with Crippen molar-refractivity contribution in [3.63, 3.8) is 0 Å². The minimum Gasteiger partial charge on any atom is -0.478 e. The van der Waals surface area contributed by atoms with Gasteiger partial charge >= 0.3 is 5.97 Å². The minimum absolute atomic E-state index is 0.0101. The molecule has 0 fully saturated rings. The Morgan fingerprint density at radius 2 is 2.05 bits per heavy atom. The van der Waals surface area contributed by atoms with E-state index in [-0.39, 0.29) is 30.0 Å². The summed E-state index contributed by atoms with van der Waals surface area (Å²) in [6, 6.07) is 2.04. The molecule has 0 amide bonds. The topological polar surface area (TPSA) is 122 Å². The zero-order valence-corrected chi connectivity index (χ0v) is 11.6. The molecule has 0 aliphatic rings. The highest BCUT2D eigenvalue weighted by molar-refractivity contribution is 7.88. The van der Waals surface area contributed by atoms with Crippen LogP contribution in [-0.2, 0) is 10.0 Å². The zero-order chi connectivity index (χ0) is 15.3. The lowest BCUT2D eigenvalue weighted by Gasteiger charge is -2.10. The predicted octanol–water partition coefficient (Wildman–Crippen LogP) is 0.457. The number of aromatic carboxylic acids is 1. The smallest absolute Gasteiger partial charge is 0.337 e. The number of sulfonamides is 1. The average Bonchev–Trinajstić information content (AvgIpc) is 2.29. The molecule has 5 N–H and O–H groups in total. The molecule has 1 aromatic carbocycles. The third-order valence-corrected chi connectivity index (χ3v) is 3.13. The van der Waals surface area contributed by atoms with Gasteiger partial charge in [-0.2, -0.15) is 0 Å². The van der Waals surface area contributed by atoms with E-state index in [1.807, 2.05) is 0 Å². The molecule has 7 nitrogen and oxygen atoms in total. The van der Waals surface area contributed by atoms with Crippen molar-refractivity contribution in [2.24, 2.45) is 0 Å². The highest BCUT2D eigenvalue weighted by atomic mass is 32.2. The third kappa shape index (κ3) is 5.02. The molecule has 112 valence electrons. The van der Waals surface area contributed by atoms with Crippen LogP contribution in [-0.4, -0.2) is 38.8 Å². The number of carboxylic acids is 1. The fourth-order valence-electron chi connectivity index (χ4n) is 1.48. The molecule has 20 heavy (non-hydrogen) atoms. The second-order valence-electron chi connectivity index (χ2n) is 4.17. The van der Waals surface area contributed by atoms with Crippen molar-refractivity contribution >= 4 is 27.4 Å². The molecule has 0 radical (unpaired) electrons. The van der Waals surface area contributed by atoms with Crippen LogP contribution in [0, 0.1) is 5.82 Å². The fraction of sp³-hybridized carbons (Fsp3) is 0.364. The van der Waals surface area contributed by atoms with Crippen LogP contribution >= 0.6 is 0 Å². The van der Waals surface area contributed by atoms with Gasteiger partial charge in [0.15, 0.2) is 0 Å². The average molecular weight is 305 g/mol. The minimum atomic E-state index is -3.25. The van der Waals surface area contributed by atoms with Crippen LogP contribution in [0.4, 0.5) is 15.8 Å². The molecule has 0 aliphatic carbocycles. The Bertz CT molecular complexity index is 604. The summed E-state index contributed by atoms with van der Waals surface area (Å²) in [7, 11) is -3.25. The molecule has 0 spiro atoms. The molecule has 1 aromatic rings. The molecule has 0 unspecified atom stereocenters. The fourth-order valence-corrected chi connectivity index (χ4v) is 1.99. The van der Waals surface area contributed by atoms with Gasteiger partial charge in [0.25, 0.3) is 0 Å². The SMILES string of the molecule is CS(=O)(=O)NCCCNc1cc(C(=O)O)c(N)cc1F. The molecule has 0 bridgehead atoms. The van der Waals surface area contributed by atoms with Crippen molar-refractivity contribution in [1.29, 1.82) is 0 Å². The Labute approximate surface area is 116 Å². The van der Waals surface area contributed by atoms with E-state index in [0.717, 1.165) is 18.4 Å². The molecule has 0 saturated carbocycles. The normalized spacial score (nSPS) is 11.3. The second kappa shape index (κ2) is 6.53. The molecule has 0 saturated heterocycles. The highest BCUT2D eigenvalue weighted by Crippen LogP contribution is 2.22. The van der Waals surface area contributed by atoms with Gasteiger partial charge in [-0.25, -0.2) is 22.3 Å². The van der Waals surface area contributed by atoms with E-state index in [2.05, 4.69) is 10.0 Å². The summed E-state index contributed by atoms with van der Waals surface area (Å²) >= 11 is 0. The Morgan fingerprint density at radius 3 is 2.60 bits per heavy atom. The number of hydrogen-bond donors (Lipinski definition) is 4. The van der Waals surface area contributed by atoms with Gasteiger partial charge in [-0.15, -0.1) is 0 Å². The van der Waals surface area contributed by atoms with Gasteiger partial charge in [0.05, 0.1) is 17.5 Å². The number of benzene rings is 1. The summed E-state index contributed by atoms with van der Waals surface area (Å²) in [4.78, 5) is 10.9. The Morgan fingerprint density at radius 1 is 1.40 bits per heavy atom. The van der Waals surface area contributed by atoms with E-state index in [9.17, 15) is 17.6 Å². The zero-order valence-electron chi connectivity index (χ0n) is 10.8.